The van der Waals surface area contributed by atoms with Crippen molar-refractivity contribution in [3.8, 4) is 5.75 Å². The molecule has 2 rings (SSSR count). The highest BCUT2D eigenvalue weighted by molar-refractivity contribution is 5.99. The summed E-state index contributed by atoms with van der Waals surface area (Å²) in [5.41, 5.74) is 7.36. The average molecular weight is 249 g/mol. The molecule has 0 bridgehead atoms. The van der Waals surface area contributed by atoms with Crippen LogP contribution in [0.15, 0.2) is 23.4 Å². The third-order valence-corrected chi connectivity index (χ3v) is 3.25. The first-order chi connectivity index (χ1) is 8.65. The molecule has 98 valence electrons. The van der Waals surface area contributed by atoms with E-state index in [1.54, 1.807) is 7.11 Å². The number of rotatable bonds is 5. The molecule has 5 heteroatoms. The van der Waals surface area contributed by atoms with Gasteiger partial charge in [0.05, 0.1) is 12.7 Å². The molecule has 0 atom stereocenters. The van der Waals surface area contributed by atoms with Gasteiger partial charge in [0.1, 0.15) is 5.75 Å². The van der Waals surface area contributed by atoms with Crippen molar-refractivity contribution in [3.05, 3.63) is 29.3 Å². The Balaban J connectivity index is 2.18. The first kappa shape index (κ1) is 12.7. The topological polar surface area (TPSA) is 71.1 Å². The third-order valence-electron chi connectivity index (χ3n) is 3.25. The van der Waals surface area contributed by atoms with E-state index in [9.17, 15) is 0 Å². The van der Waals surface area contributed by atoms with Crippen molar-refractivity contribution in [2.75, 3.05) is 14.2 Å². The summed E-state index contributed by atoms with van der Waals surface area (Å²) in [7, 11) is 3.71. The van der Waals surface area contributed by atoms with E-state index in [4.69, 9.17) is 15.7 Å². The molecule has 0 aliphatic heterocycles. The first-order valence-corrected chi connectivity index (χ1v) is 6.00. The largest absolute Gasteiger partial charge is 0.496 e. The third kappa shape index (κ3) is 2.73. The van der Waals surface area contributed by atoms with Gasteiger partial charge in [0.2, 0.25) is 0 Å². The lowest BCUT2D eigenvalue weighted by Gasteiger charge is -2.17. The maximum Gasteiger partial charge on any atom is 0.173 e. The smallest absolute Gasteiger partial charge is 0.173 e. The lowest BCUT2D eigenvalue weighted by atomic mass is 10.1. The van der Waals surface area contributed by atoms with E-state index in [1.807, 2.05) is 18.2 Å². The van der Waals surface area contributed by atoms with Crippen LogP contribution in [0.5, 0.6) is 5.75 Å². The minimum atomic E-state index is 0.0638. The zero-order valence-electron chi connectivity index (χ0n) is 10.8. The van der Waals surface area contributed by atoms with Crippen molar-refractivity contribution in [2.24, 2.45) is 10.9 Å². The van der Waals surface area contributed by atoms with Gasteiger partial charge in [-0.1, -0.05) is 11.2 Å². The van der Waals surface area contributed by atoms with Crippen molar-refractivity contribution >= 4 is 5.84 Å². The van der Waals surface area contributed by atoms with Crippen LogP contribution in [0.4, 0.5) is 0 Å². The van der Waals surface area contributed by atoms with Gasteiger partial charge in [-0.15, -0.1) is 0 Å². The summed E-state index contributed by atoms with van der Waals surface area (Å²) < 4.78 is 5.28. The lowest BCUT2D eigenvalue weighted by molar-refractivity contribution is 0.315. The van der Waals surface area contributed by atoms with Gasteiger partial charge >= 0.3 is 0 Å². The number of methoxy groups -OCH3 is 1. The van der Waals surface area contributed by atoms with E-state index in [1.165, 1.54) is 12.8 Å². The van der Waals surface area contributed by atoms with Gasteiger partial charge < -0.3 is 15.7 Å². The molecule has 1 fully saturated rings. The number of oxime groups is 1. The summed E-state index contributed by atoms with van der Waals surface area (Å²) in [6, 6.07) is 6.46. The Morgan fingerprint density at radius 2 is 2.28 bits per heavy atom. The second-order valence-electron chi connectivity index (χ2n) is 4.67. The van der Waals surface area contributed by atoms with Crippen LogP contribution in [-0.2, 0) is 6.54 Å². The number of amidine groups is 1. The quantitative estimate of drug-likeness (QED) is 0.358. The van der Waals surface area contributed by atoms with Gasteiger partial charge in [-0.25, -0.2) is 0 Å². The Hall–Kier alpha value is -1.75. The standard InChI is InChI=1S/C13H19N3O2/c1-16(10-4-5-10)8-9-3-6-11(13(14)15-17)12(7-9)18-2/h3,6-7,10,17H,4-5,8H2,1-2H3,(H2,14,15). The predicted octanol–water partition coefficient (Wildman–Crippen LogP) is 1.38. The molecule has 3 N–H and O–H groups in total. The number of hydrogen-bond donors (Lipinski definition) is 2. The highest BCUT2D eigenvalue weighted by atomic mass is 16.5. The fraction of sp³-hybridized carbons (Fsp3) is 0.462. The maximum absolute atomic E-state index is 8.70. The predicted molar refractivity (Wildman–Crippen MR) is 70.0 cm³/mol. The molecule has 1 saturated carbocycles. The van der Waals surface area contributed by atoms with Crippen molar-refractivity contribution < 1.29 is 9.94 Å². The summed E-state index contributed by atoms with van der Waals surface area (Å²) in [4.78, 5) is 2.33. The van der Waals surface area contributed by atoms with E-state index < -0.39 is 0 Å². The van der Waals surface area contributed by atoms with Crippen LogP contribution in [0, 0.1) is 0 Å². The summed E-state index contributed by atoms with van der Waals surface area (Å²) >= 11 is 0. The second-order valence-corrected chi connectivity index (χ2v) is 4.67. The van der Waals surface area contributed by atoms with E-state index in [-0.39, 0.29) is 5.84 Å². The molecular formula is C13H19N3O2. The van der Waals surface area contributed by atoms with Gasteiger partial charge in [-0.3, -0.25) is 4.90 Å². The van der Waals surface area contributed by atoms with Gasteiger partial charge in [0.15, 0.2) is 5.84 Å². The van der Waals surface area contributed by atoms with Crippen molar-refractivity contribution in [3.63, 3.8) is 0 Å². The molecule has 0 amide bonds. The van der Waals surface area contributed by atoms with Crippen molar-refractivity contribution in [1.29, 1.82) is 0 Å². The van der Waals surface area contributed by atoms with Crippen LogP contribution in [0.2, 0.25) is 0 Å². The van der Waals surface area contributed by atoms with Gasteiger partial charge in [-0.2, -0.15) is 0 Å². The van der Waals surface area contributed by atoms with Crippen LogP contribution < -0.4 is 10.5 Å². The van der Waals surface area contributed by atoms with Crippen LogP contribution in [0.1, 0.15) is 24.0 Å². The minimum Gasteiger partial charge on any atom is -0.496 e. The number of nitrogens with zero attached hydrogens (tertiary/aromatic N) is 2. The molecule has 0 aromatic heterocycles. The molecule has 1 aromatic rings. The van der Waals surface area contributed by atoms with Gasteiger partial charge in [0.25, 0.3) is 0 Å². The molecule has 0 heterocycles. The van der Waals surface area contributed by atoms with Crippen LogP contribution in [0.25, 0.3) is 0 Å². The minimum absolute atomic E-state index is 0.0638. The van der Waals surface area contributed by atoms with Crippen LogP contribution in [-0.4, -0.2) is 36.1 Å². The number of hydrogen-bond acceptors (Lipinski definition) is 4. The fourth-order valence-electron chi connectivity index (χ4n) is 2.03. The zero-order valence-corrected chi connectivity index (χ0v) is 10.8. The molecule has 0 radical (unpaired) electrons. The Bertz CT molecular complexity index is 456. The summed E-state index contributed by atoms with van der Waals surface area (Å²) in [6.07, 6.45) is 2.58. The summed E-state index contributed by atoms with van der Waals surface area (Å²) in [5.74, 6) is 0.695. The SMILES string of the molecule is COc1cc(CN(C)C2CC2)ccc1/C(N)=N/O. The highest BCUT2D eigenvalue weighted by Crippen LogP contribution is 2.28. The molecule has 0 spiro atoms. The van der Waals surface area contributed by atoms with Crippen molar-refractivity contribution in [1.82, 2.24) is 4.90 Å². The molecule has 0 unspecified atom stereocenters. The Kier molecular flexibility index (Phi) is 3.72. The number of nitrogens with two attached hydrogens (primary N) is 1. The van der Waals surface area contributed by atoms with E-state index in [0.29, 0.717) is 11.3 Å². The normalized spacial score (nSPS) is 16.1. The van der Waals surface area contributed by atoms with E-state index in [2.05, 4.69) is 17.1 Å². The molecule has 1 aliphatic carbocycles. The molecule has 18 heavy (non-hydrogen) atoms. The lowest BCUT2D eigenvalue weighted by Crippen LogP contribution is -2.20. The van der Waals surface area contributed by atoms with Gasteiger partial charge in [0, 0.05) is 12.6 Å². The molecular weight excluding hydrogens is 230 g/mol. The molecule has 1 aliphatic rings. The summed E-state index contributed by atoms with van der Waals surface area (Å²) in [6.45, 7) is 0.886. The Morgan fingerprint density at radius 1 is 1.56 bits per heavy atom. The number of benzene rings is 1. The van der Waals surface area contributed by atoms with E-state index in [0.717, 1.165) is 18.2 Å². The Morgan fingerprint density at radius 3 is 2.83 bits per heavy atom. The van der Waals surface area contributed by atoms with E-state index >= 15 is 0 Å². The van der Waals surface area contributed by atoms with Gasteiger partial charge in [-0.05, 0) is 37.6 Å². The summed E-state index contributed by atoms with van der Waals surface area (Å²) in [5, 5.41) is 11.7. The maximum atomic E-state index is 8.70. The fourth-order valence-corrected chi connectivity index (χ4v) is 2.03. The van der Waals surface area contributed by atoms with Crippen LogP contribution >= 0.6 is 0 Å². The zero-order chi connectivity index (χ0) is 13.1. The first-order valence-electron chi connectivity index (χ1n) is 6.00. The van der Waals surface area contributed by atoms with Crippen molar-refractivity contribution in [2.45, 2.75) is 25.4 Å². The monoisotopic (exact) mass is 249 g/mol. The molecule has 0 saturated heterocycles. The average Bonchev–Trinajstić information content (AvgIpc) is 3.22. The van der Waals surface area contributed by atoms with Crippen LogP contribution in [0.3, 0.4) is 0 Å². The molecule has 5 nitrogen and oxygen atoms in total. The number of ether oxygens (including phenoxy) is 1. The molecule has 1 aromatic carbocycles. The highest BCUT2D eigenvalue weighted by Gasteiger charge is 2.26. The Labute approximate surface area is 107 Å². The second kappa shape index (κ2) is 5.27.